The van der Waals surface area contributed by atoms with Crippen LogP contribution in [0.1, 0.15) is 31.2 Å². The summed E-state index contributed by atoms with van der Waals surface area (Å²) in [6.45, 7) is 11.8. The Kier molecular flexibility index (Phi) is 7.89. The fourth-order valence-electron chi connectivity index (χ4n) is 2.96. The minimum Gasteiger partial charge on any atom is -0.492 e. The summed E-state index contributed by atoms with van der Waals surface area (Å²) < 4.78 is 24.9. The summed E-state index contributed by atoms with van der Waals surface area (Å²) >= 11 is 0. The molecule has 0 atom stereocenters. The van der Waals surface area contributed by atoms with Gasteiger partial charge in [0.15, 0.2) is 0 Å². The molecule has 1 fully saturated rings. The molecule has 1 aliphatic carbocycles. The van der Waals surface area contributed by atoms with Crippen molar-refractivity contribution in [1.29, 1.82) is 5.26 Å². The summed E-state index contributed by atoms with van der Waals surface area (Å²) in [6, 6.07) is 7.05. The molecule has 1 aliphatic rings. The molecule has 30 heavy (non-hydrogen) atoms. The predicted molar refractivity (Wildman–Crippen MR) is 118 cm³/mol. The Morgan fingerprint density at radius 3 is 2.67 bits per heavy atom. The Hall–Kier alpha value is -1.92. The SMILES string of the molecule is CCOCOCc1nc2cc(C#N)c(OCC3CC3)cc2n1COCC[Si](C)(C)C. The van der Waals surface area contributed by atoms with Crippen molar-refractivity contribution in [2.45, 2.75) is 58.8 Å². The molecule has 7 nitrogen and oxygen atoms in total. The van der Waals surface area contributed by atoms with Gasteiger partial charge in [-0.2, -0.15) is 5.26 Å². The molecule has 3 rings (SSSR count). The number of nitrogens with zero attached hydrogens (tertiary/aromatic N) is 3. The normalized spacial score (nSPS) is 14.2. The lowest BCUT2D eigenvalue weighted by Gasteiger charge is -2.16. The molecule has 0 radical (unpaired) electrons. The van der Waals surface area contributed by atoms with E-state index in [0.717, 1.165) is 29.5 Å². The Balaban J connectivity index is 1.82. The summed E-state index contributed by atoms with van der Waals surface area (Å²) in [5.41, 5.74) is 2.14. The summed E-state index contributed by atoms with van der Waals surface area (Å²) in [4.78, 5) is 4.70. The van der Waals surface area contributed by atoms with E-state index in [4.69, 9.17) is 23.9 Å². The van der Waals surface area contributed by atoms with E-state index in [1.165, 1.54) is 12.8 Å². The number of imidazole rings is 1. The van der Waals surface area contributed by atoms with Crippen molar-refractivity contribution in [1.82, 2.24) is 9.55 Å². The zero-order valence-electron chi connectivity index (χ0n) is 18.6. The van der Waals surface area contributed by atoms with Crippen molar-refractivity contribution in [2.24, 2.45) is 5.92 Å². The van der Waals surface area contributed by atoms with Gasteiger partial charge < -0.3 is 23.5 Å². The van der Waals surface area contributed by atoms with Crippen LogP contribution < -0.4 is 4.74 Å². The molecule has 0 amide bonds. The number of aromatic nitrogens is 2. The van der Waals surface area contributed by atoms with E-state index in [2.05, 4.69) is 25.7 Å². The lowest BCUT2D eigenvalue weighted by Crippen LogP contribution is -2.22. The van der Waals surface area contributed by atoms with Gasteiger partial charge in [-0.25, -0.2) is 4.98 Å². The monoisotopic (exact) mass is 431 g/mol. The molecule has 1 heterocycles. The van der Waals surface area contributed by atoms with Crippen LogP contribution in [0.5, 0.6) is 5.75 Å². The Morgan fingerprint density at radius 2 is 2.00 bits per heavy atom. The third-order valence-electron chi connectivity index (χ3n) is 5.04. The molecule has 2 aromatic rings. The molecule has 0 aliphatic heterocycles. The molecule has 164 valence electrons. The summed E-state index contributed by atoms with van der Waals surface area (Å²) in [5, 5.41) is 9.56. The number of nitriles is 1. The van der Waals surface area contributed by atoms with E-state index in [1.807, 2.05) is 17.6 Å². The molecule has 1 aromatic heterocycles. The first kappa shape index (κ1) is 22.8. The van der Waals surface area contributed by atoms with Gasteiger partial charge >= 0.3 is 0 Å². The van der Waals surface area contributed by atoms with Gasteiger partial charge in [-0.05, 0) is 37.8 Å². The average Bonchev–Trinajstić information content (AvgIpc) is 3.47. The number of benzene rings is 1. The van der Waals surface area contributed by atoms with Crippen LogP contribution in [0.25, 0.3) is 11.0 Å². The van der Waals surface area contributed by atoms with E-state index in [-0.39, 0.29) is 6.79 Å². The van der Waals surface area contributed by atoms with Gasteiger partial charge in [0.1, 0.15) is 37.8 Å². The van der Waals surface area contributed by atoms with E-state index in [1.54, 1.807) is 6.07 Å². The van der Waals surface area contributed by atoms with Crippen molar-refractivity contribution in [3.05, 3.63) is 23.5 Å². The van der Waals surface area contributed by atoms with Crippen LogP contribution in [0.3, 0.4) is 0 Å². The van der Waals surface area contributed by atoms with Crippen LogP contribution in [-0.4, -0.2) is 44.2 Å². The van der Waals surface area contributed by atoms with Gasteiger partial charge in [0.25, 0.3) is 0 Å². The maximum Gasteiger partial charge on any atom is 0.147 e. The molecule has 8 heteroatoms. The quantitative estimate of drug-likeness (QED) is 0.264. The Morgan fingerprint density at radius 1 is 1.20 bits per heavy atom. The van der Waals surface area contributed by atoms with Crippen molar-refractivity contribution in [2.75, 3.05) is 26.6 Å². The van der Waals surface area contributed by atoms with Crippen LogP contribution in [0, 0.1) is 17.2 Å². The van der Waals surface area contributed by atoms with Crippen LogP contribution in [0.2, 0.25) is 25.7 Å². The van der Waals surface area contributed by atoms with Crippen molar-refractivity contribution >= 4 is 19.1 Å². The number of hydrogen-bond donors (Lipinski definition) is 0. The van der Waals surface area contributed by atoms with Crippen molar-refractivity contribution in [3.8, 4) is 11.8 Å². The second-order valence-electron chi connectivity index (χ2n) is 8.97. The highest BCUT2D eigenvalue weighted by atomic mass is 28.3. The molecule has 0 saturated heterocycles. The maximum absolute atomic E-state index is 9.56. The minimum absolute atomic E-state index is 0.218. The zero-order valence-corrected chi connectivity index (χ0v) is 19.6. The first-order valence-corrected chi connectivity index (χ1v) is 14.4. The van der Waals surface area contributed by atoms with Crippen LogP contribution in [-0.2, 0) is 27.5 Å². The molecular formula is C22H33N3O4Si. The van der Waals surface area contributed by atoms with Crippen LogP contribution in [0.15, 0.2) is 12.1 Å². The van der Waals surface area contributed by atoms with Gasteiger partial charge in [-0.3, -0.25) is 0 Å². The first-order chi connectivity index (χ1) is 14.4. The van der Waals surface area contributed by atoms with Gasteiger partial charge in [0, 0.05) is 27.4 Å². The lowest BCUT2D eigenvalue weighted by molar-refractivity contribution is -0.0607. The standard InChI is InChI=1S/C22H33N3O4Si/c1-5-26-16-28-14-22-24-19-10-18(12-23)21(29-13-17-6-7-17)11-20(19)25(22)15-27-8-9-30(2,3)4/h10-11,17H,5-9,13-16H2,1-4H3. The van der Waals surface area contributed by atoms with Gasteiger partial charge in [0.2, 0.25) is 0 Å². The topological polar surface area (TPSA) is 78.5 Å². The molecule has 0 spiro atoms. The van der Waals surface area contributed by atoms with E-state index < -0.39 is 8.07 Å². The highest BCUT2D eigenvalue weighted by molar-refractivity contribution is 6.76. The highest BCUT2D eigenvalue weighted by Gasteiger charge is 2.23. The van der Waals surface area contributed by atoms with Crippen molar-refractivity contribution in [3.63, 3.8) is 0 Å². The molecular weight excluding hydrogens is 398 g/mol. The van der Waals surface area contributed by atoms with Crippen molar-refractivity contribution < 1.29 is 18.9 Å². The predicted octanol–water partition coefficient (Wildman–Crippen LogP) is 4.52. The zero-order chi connectivity index (χ0) is 21.6. The number of rotatable bonds is 13. The highest BCUT2D eigenvalue weighted by Crippen LogP contribution is 2.32. The second kappa shape index (κ2) is 10.4. The van der Waals surface area contributed by atoms with E-state index in [0.29, 0.717) is 43.8 Å². The average molecular weight is 432 g/mol. The summed E-state index contributed by atoms with van der Waals surface area (Å²) in [7, 11) is -1.16. The summed E-state index contributed by atoms with van der Waals surface area (Å²) in [6.07, 6.45) is 2.41. The third kappa shape index (κ3) is 6.54. The van der Waals surface area contributed by atoms with Gasteiger partial charge in [-0.1, -0.05) is 19.6 Å². The number of fused-ring (bicyclic) bond motifs is 1. The van der Waals surface area contributed by atoms with Crippen LogP contribution >= 0.6 is 0 Å². The lowest BCUT2D eigenvalue weighted by atomic mass is 10.2. The smallest absolute Gasteiger partial charge is 0.147 e. The van der Waals surface area contributed by atoms with E-state index >= 15 is 0 Å². The Bertz CT molecular complexity index is 881. The maximum atomic E-state index is 9.56. The van der Waals surface area contributed by atoms with Crippen LogP contribution in [0.4, 0.5) is 0 Å². The molecule has 0 unspecified atom stereocenters. The van der Waals surface area contributed by atoms with Gasteiger partial charge in [0.05, 0.1) is 23.2 Å². The number of hydrogen-bond acceptors (Lipinski definition) is 6. The molecule has 0 bridgehead atoms. The first-order valence-electron chi connectivity index (χ1n) is 10.7. The van der Waals surface area contributed by atoms with E-state index in [9.17, 15) is 5.26 Å². The fraction of sp³-hybridized carbons (Fsp3) is 0.636. The third-order valence-corrected chi connectivity index (χ3v) is 6.74. The molecule has 1 saturated carbocycles. The largest absolute Gasteiger partial charge is 0.492 e. The second-order valence-corrected chi connectivity index (χ2v) is 14.6. The summed E-state index contributed by atoms with van der Waals surface area (Å²) in [5.74, 6) is 1.98. The van der Waals surface area contributed by atoms with Gasteiger partial charge in [-0.15, -0.1) is 0 Å². The number of ether oxygens (including phenoxy) is 4. The Labute approximate surface area is 179 Å². The minimum atomic E-state index is -1.16. The molecule has 0 N–H and O–H groups in total. The fourth-order valence-corrected chi connectivity index (χ4v) is 3.72. The molecule has 1 aromatic carbocycles.